The summed E-state index contributed by atoms with van der Waals surface area (Å²) in [6.07, 6.45) is 3.57. The van der Waals surface area contributed by atoms with Gasteiger partial charge in [-0.15, -0.1) is 0 Å². The molecule has 0 atom stereocenters. The number of methoxy groups -OCH3 is 1. The molecule has 3 rings (SSSR count). The molecule has 1 saturated heterocycles. The molecule has 1 fully saturated rings. The van der Waals surface area contributed by atoms with E-state index in [0.29, 0.717) is 49.9 Å². The summed E-state index contributed by atoms with van der Waals surface area (Å²) < 4.78 is 15.8. The van der Waals surface area contributed by atoms with E-state index in [1.165, 1.54) is 0 Å². The Morgan fingerprint density at radius 3 is 2.64 bits per heavy atom. The topological polar surface area (TPSA) is 90.6 Å². The molecule has 152 valence electrons. The molecule has 2 aromatic rings. The number of hydrogen-bond acceptors (Lipinski definition) is 7. The van der Waals surface area contributed by atoms with Gasteiger partial charge < -0.3 is 18.9 Å². The Balaban J connectivity index is 1.66. The van der Waals surface area contributed by atoms with Crippen molar-refractivity contribution in [2.24, 2.45) is 0 Å². The summed E-state index contributed by atoms with van der Waals surface area (Å²) in [7, 11) is 1.65. The molecular weight excluding hydrogens is 360 g/mol. The van der Waals surface area contributed by atoms with Crippen LogP contribution < -0.4 is 0 Å². The fraction of sp³-hybridized carbons (Fsp3) is 0.600. The SMILES string of the molecule is COCCOCc1cnc(C)nc1C1CCN(C(=O)c2c(C)noc2C)CC1. The first-order chi connectivity index (χ1) is 13.5. The van der Waals surface area contributed by atoms with Crippen molar-refractivity contribution in [1.29, 1.82) is 0 Å². The zero-order valence-corrected chi connectivity index (χ0v) is 17.0. The van der Waals surface area contributed by atoms with Gasteiger partial charge in [0.1, 0.15) is 17.1 Å². The molecule has 0 N–H and O–H groups in total. The molecule has 2 aromatic heterocycles. The summed E-state index contributed by atoms with van der Waals surface area (Å²) in [6, 6.07) is 0. The first-order valence-electron chi connectivity index (χ1n) is 9.62. The van der Waals surface area contributed by atoms with Gasteiger partial charge in [-0.3, -0.25) is 4.79 Å². The van der Waals surface area contributed by atoms with E-state index >= 15 is 0 Å². The summed E-state index contributed by atoms with van der Waals surface area (Å²) in [5.74, 6) is 1.62. The molecule has 0 saturated carbocycles. The van der Waals surface area contributed by atoms with Crippen molar-refractivity contribution >= 4 is 5.91 Å². The number of aromatic nitrogens is 3. The fourth-order valence-electron chi connectivity index (χ4n) is 3.60. The Kier molecular flexibility index (Phi) is 6.74. The molecule has 3 heterocycles. The van der Waals surface area contributed by atoms with Gasteiger partial charge in [-0.05, 0) is 33.6 Å². The standard InChI is InChI=1S/C20H28N4O4/c1-13-18(14(2)28-23-13)20(25)24-7-5-16(6-8-24)19-17(11-21-15(3)22-19)12-27-10-9-26-4/h11,16H,5-10,12H2,1-4H3. The number of rotatable bonds is 7. The van der Waals surface area contributed by atoms with Gasteiger partial charge in [-0.2, -0.15) is 0 Å². The molecule has 1 aliphatic rings. The van der Waals surface area contributed by atoms with Gasteiger partial charge in [-0.25, -0.2) is 9.97 Å². The molecule has 0 aliphatic carbocycles. The second-order valence-corrected chi connectivity index (χ2v) is 7.14. The monoisotopic (exact) mass is 388 g/mol. The average Bonchev–Trinajstić information content (AvgIpc) is 3.04. The lowest BCUT2D eigenvalue weighted by Crippen LogP contribution is -2.38. The number of carbonyl (C=O) groups is 1. The summed E-state index contributed by atoms with van der Waals surface area (Å²) in [5, 5.41) is 3.90. The Morgan fingerprint density at radius 2 is 2.00 bits per heavy atom. The predicted octanol–water partition coefficient (Wildman–Crippen LogP) is 2.57. The van der Waals surface area contributed by atoms with Gasteiger partial charge in [0.2, 0.25) is 0 Å². The van der Waals surface area contributed by atoms with E-state index in [9.17, 15) is 4.79 Å². The number of aryl methyl sites for hydroxylation is 3. The number of ether oxygens (including phenoxy) is 2. The minimum atomic E-state index is -0.00306. The molecule has 0 bridgehead atoms. The van der Waals surface area contributed by atoms with E-state index in [-0.39, 0.29) is 11.8 Å². The highest BCUT2D eigenvalue weighted by Crippen LogP contribution is 2.30. The lowest BCUT2D eigenvalue weighted by atomic mass is 9.90. The zero-order valence-electron chi connectivity index (χ0n) is 17.0. The number of likely N-dealkylation sites (tertiary alicyclic amines) is 1. The van der Waals surface area contributed by atoms with Gasteiger partial charge in [0.05, 0.1) is 31.2 Å². The molecule has 0 radical (unpaired) electrons. The molecule has 0 aromatic carbocycles. The third-order valence-electron chi connectivity index (χ3n) is 5.12. The third-order valence-corrected chi connectivity index (χ3v) is 5.12. The summed E-state index contributed by atoms with van der Waals surface area (Å²) in [4.78, 5) is 23.7. The highest BCUT2D eigenvalue weighted by Gasteiger charge is 2.29. The number of hydrogen-bond donors (Lipinski definition) is 0. The van der Waals surface area contributed by atoms with Crippen LogP contribution in [-0.4, -0.2) is 59.3 Å². The van der Waals surface area contributed by atoms with Crippen molar-refractivity contribution in [3.8, 4) is 0 Å². The predicted molar refractivity (Wildman–Crippen MR) is 102 cm³/mol. The molecule has 1 aliphatic heterocycles. The van der Waals surface area contributed by atoms with Gasteiger partial charge in [-0.1, -0.05) is 5.16 Å². The second-order valence-electron chi connectivity index (χ2n) is 7.14. The number of nitrogens with zero attached hydrogens (tertiary/aromatic N) is 4. The minimum Gasteiger partial charge on any atom is -0.382 e. The maximum atomic E-state index is 12.8. The Labute approximate surface area is 165 Å². The number of amides is 1. The minimum absolute atomic E-state index is 0.00306. The maximum absolute atomic E-state index is 12.8. The molecular formula is C20H28N4O4. The summed E-state index contributed by atoms with van der Waals surface area (Å²) >= 11 is 0. The van der Waals surface area contributed by atoms with Crippen molar-refractivity contribution < 1.29 is 18.8 Å². The summed E-state index contributed by atoms with van der Waals surface area (Å²) in [6.45, 7) is 8.40. The first-order valence-corrected chi connectivity index (χ1v) is 9.62. The van der Waals surface area contributed by atoms with Crippen molar-refractivity contribution in [2.45, 2.75) is 46.1 Å². The van der Waals surface area contributed by atoms with Crippen LogP contribution in [-0.2, 0) is 16.1 Å². The lowest BCUT2D eigenvalue weighted by Gasteiger charge is -2.32. The van der Waals surface area contributed by atoms with Crippen LogP contribution in [0.2, 0.25) is 0 Å². The van der Waals surface area contributed by atoms with Crippen LogP contribution in [0.25, 0.3) is 0 Å². The van der Waals surface area contributed by atoms with E-state index in [0.717, 1.165) is 29.9 Å². The van der Waals surface area contributed by atoms with Crippen LogP contribution in [0, 0.1) is 20.8 Å². The van der Waals surface area contributed by atoms with E-state index in [2.05, 4.69) is 10.1 Å². The zero-order chi connectivity index (χ0) is 20.1. The molecule has 0 spiro atoms. The van der Waals surface area contributed by atoms with Gasteiger partial charge in [0.25, 0.3) is 5.91 Å². The normalized spacial score (nSPS) is 15.2. The smallest absolute Gasteiger partial charge is 0.259 e. The van der Waals surface area contributed by atoms with Crippen LogP contribution >= 0.6 is 0 Å². The third kappa shape index (κ3) is 4.56. The van der Waals surface area contributed by atoms with Crippen LogP contribution in [0.1, 0.15) is 57.7 Å². The van der Waals surface area contributed by atoms with Crippen LogP contribution in [0.3, 0.4) is 0 Å². The van der Waals surface area contributed by atoms with E-state index in [4.69, 9.17) is 19.0 Å². The Bertz CT molecular complexity index is 793. The van der Waals surface area contributed by atoms with Crippen molar-refractivity contribution in [3.63, 3.8) is 0 Å². The first kappa shape index (κ1) is 20.4. The maximum Gasteiger partial charge on any atom is 0.259 e. The quantitative estimate of drug-likeness (QED) is 0.673. The molecule has 8 heteroatoms. The molecule has 28 heavy (non-hydrogen) atoms. The van der Waals surface area contributed by atoms with Crippen LogP contribution in [0.15, 0.2) is 10.7 Å². The molecule has 8 nitrogen and oxygen atoms in total. The molecule has 1 amide bonds. The number of piperidine rings is 1. The highest BCUT2D eigenvalue weighted by molar-refractivity contribution is 5.96. The molecule has 0 unspecified atom stereocenters. The second kappa shape index (κ2) is 9.25. The fourth-order valence-corrected chi connectivity index (χ4v) is 3.60. The highest BCUT2D eigenvalue weighted by atomic mass is 16.5. The largest absolute Gasteiger partial charge is 0.382 e. The van der Waals surface area contributed by atoms with Gasteiger partial charge in [0.15, 0.2) is 0 Å². The van der Waals surface area contributed by atoms with Gasteiger partial charge >= 0.3 is 0 Å². The van der Waals surface area contributed by atoms with E-state index in [1.54, 1.807) is 21.0 Å². The lowest BCUT2D eigenvalue weighted by molar-refractivity contribution is 0.0604. The average molecular weight is 388 g/mol. The Morgan fingerprint density at radius 1 is 1.25 bits per heavy atom. The van der Waals surface area contributed by atoms with E-state index in [1.807, 2.05) is 18.0 Å². The van der Waals surface area contributed by atoms with Crippen molar-refractivity contribution in [1.82, 2.24) is 20.0 Å². The number of carbonyl (C=O) groups excluding carboxylic acids is 1. The van der Waals surface area contributed by atoms with Crippen LogP contribution in [0.5, 0.6) is 0 Å². The van der Waals surface area contributed by atoms with Crippen molar-refractivity contribution in [3.05, 3.63) is 40.3 Å². The van der Waals surface area contributed by atoms with Gasteiger partial charge in [0, 0.05) is 37.9 Å². The van der Waals surface area contributed by atoms with Crippen molar-refractivity contribution in [2.75, 3.05) is 33.4 Å². The van der Waals surface area contributed by atoms with Crippen LogP contribution in [0.4, 0.5) is 0 Å². The van der Waals surface area contributed by atoms with E-state index < -0.39 is 0 Å². The Hall–Kier alpha value is -2.32. The summed E-state index contributed by atoms with van der Waals surface area (Å²) in [5.41, 5.74) is 3.28.